The number of benzene rings is 1. The zero-order valence-electron chi connectivity index (χ0n) is 30.0. The lowest BCUT2D eigenvalue weighted by Gasteiger charge is -2.23. The number of fused-ring (bicyclic) bond motifs is 1. The van der Waals surface area contributed by atoms with Crippen LogP contribution in [-0.2, 0) is 20.6 Å². The van der Waals surface area contributed by atoms with Gasteiger partial charge in [-0.2, -0.15) is 0 Å². The smallest absolute Gasteiger partial charge is 0.341 e. The van der Waals surface area contributed by atoms with E-state index in [1.54, 1.807) is 30.6 Å². The van der Waals surface area contributed by atoms with Gasteiger partial charge in [-0.25, -0.2) is 20.0 Å². The van der Waals surface area contributed by atoms with Crippen LogP contribution in [0.3, 0.4) is 0 Å². The Labute approximate surface area is 303 Å². The summed E-state index contributed by atoms with van der Waals surface area (Å²) >= 11 is 0. The number of allylic oxidation sites excluding steroid dienone is 12. The van der Waals surface area contributed by atoms with E-state index in [-0.39, 0.29) is 24.9 Å². The molecule has 0 aliphatic rings. The molecular weight excluding hydrogens is 661 g/mol. The molecule has 1 aromatic carbocycles. The van der Waals surface area contributed by atoms with Gasteiger partial charge in [0, 0.05) is 19.5 Å². The fourth-order valence-corrected chi connectivity index (χ4v) is 6.29. The monoisotopic (exact) mass is 715 g/mol. The second kappa shape index (κ2) is 24.6. The van der Waals surface area contributed by atoms with Gasteiger partial charge >= 0.3 is 7.52 Å². The molecule has 4 N–H and O–H groups in total. The molecule has 0 bridgehead atoms. The molecule has 0 aliphatic heterocycles. The second-order valence-electron chi connectivity index (χ2n) is 11.7. The van der Waals surface area contributed by atoms with Gasteiger partial charge in [0.05, 0.1) is 19.0 Å². The first-order chi connectivity index (χ1) is 24.9. The third-order valence-electron chi connectivity index (χ3n) is 7.34. The molecule has 0 aliphatic carbocycles. The molecule has 0 saturated heterocycles. The van der Waals surface area contributed by atoms with Crippen LogP contribution in [0.25, 0.3) is 11.2 Å². The van der Waals surface area contributed by atoms with E-state index in [2.05, 4.69) is 99.1 Å². The van der Waals surface area contributed by atoms with Crippen LogP contribution in [0.1, 0.15) is 65.2 Å². The van der Waals surface area contributed by atoms with Gasteiger partial charge in [-0.05, 0) is 64.0 Å². The maximum atomic E-state index is 13.8. The predicted octanol–water partition coefficient (Wildman–Crippen LogP) is 8.23. The molecule has 2 heterocycles. The lowest BCUT2D eigenvalue weighted by atomic mass is 10.2. The Balaban J connectivity index is 1.30. The van der Waals surface area contributed by atoms with Crippen molar-refractivity contribution in [2.45, 2.75) is 77.9 Å². The number of aromatic nitrogens is 4. The molecular formula is C39H54N7O4P. The SMILES string of the molecule is CCC=CCC=CCC=CCC=CCC=CCC=CCCC(=O)NCCNP(=O)(COC(C)Cn1cnc2c(N)ncnc21)Oc1ccccc1. The Kier molecular flexibility index (Phi) is 19.7. The molecule has 11 nitrogen and oxygen atoms in total. The van der Waals surface area contributed by atoms with Crippen molar-refractivity contribution in [3.8, 4) is 5.75 Å². The summed E-state index contributed by atoms with van der Waals surface area (Å²) in [7, 11) is -3.48. The molecule has 2 atom stereocenters. The van der Waals surface area contributed by atoms with Gasteiger partial charge in [-0.3, -0.25) is 9.36 Å². The highest BCUT2D eigenvalue weighted by atomic mass is 31.2. The van der Waals surface area contributed by atoms with Crippen molar-refractivity contribution >= 4 is 30.4 Å². The number of para-hydroxylation sites is 1. The lowest BCUT2D eigenvalue weighted by molar-refractivity contribution is -0.120. The normalized spacial score (nSPS) is 14.2. The summed E-state index contributed by atoms with van der Waals surface area (Å²) in [5, 5.41) is 5.86. The number of carbonyl (C=O) groups is 1. The van der Waals surface area contributed by atoms with Crippen molar-refractivity contribution in [1.82, 2.24) is 29.9 Å². The minimum Gasteiger partial charge on any atom is -0.431 e. The summed E-state index contributed by atoms with van der Waals surface area (Å²) in [6.45, 7) is 4.96. The minimum atomic E-state index is -3.48. The van der Waals surface area contributed by atoms with Crippen LogP contribution in [0.5, 0.6) is 5.75 Å². The van der Waals surface area contributed by atoms with E-state index >= 15 is 0 Å². The number of hydrogen-bond donors (Lipinski definition) is 3. The van der Waals surface area contributed by atoms with E-state index in [0.29, 0.717) is 48.7 Å². The maximum absolute atomic E-state index is 13.8. The quantitative estimate of drug-likeness (QED) is 0.0449. The number of rotatable bonds is 25. The molecule has 51 heavy (non-hydrogen) atoms. The van der Waals surface area contributed by atoms with Gasteiger partial charge in [-0.15, -0.1) is 0 Å². The fourth-order valence-electron chi connectivity index (χ4n) is 4.71. The molecule has 2 unspecified atom stereocenters. The number of hydrogen-bond acceptors (Lipinski definition) is 8. The number of nitrogen functional groups attached to an aromatic ring is 1. The van der Waals surface area contributed by atoms with Crippen LogP contribution in [0.2, 0.25) is 0 Å². The van der Waals surface area contributed by atoms with Gasteiger partial charge in [0.1, 0.15) is 23.9 Å². The average Bonchev–Trinajstić information content (AvgIpc) is 3.54. The first kappa shape index (κ1) is 40.9. The number of carbonyl (C=O) groups excluding carboxylic acids is 1. The van der Waals surface area contributed by atoms with Gasteiger partial charge < -0.3 is 24.9 Å². The number of nitrogens with two attached hydrogens (primary N) is 1. The van der Waals surface area contributed by atoms with Gasteiger partial charge in [0.15, 0.2) is 11.5 Å². The Hall–Kier alpha value is -4.57. The van der Waals surface area contributed by atoms with Gasteiger partial charge in [0.25, 0.3) is 0 Å². The van der Waals surface area contributed by atoms with E-state index in [1.165, 1.54) is 6.33 Å². The van der Waals surface area contributed by atoms with Gasteiger partial charge in [0.2, 0.25) is 5.91 Å². The van der Waals surface area contributed by atoms with E-state index in [1.807, 2.05) is 23.6 Å². The Morgan fingerprint density at radius 2 is 1.47 bits per heavy atom. The van der Waals surface area contributed by atoms with Crippen molar-refractivity contribution < 1.29 is 18.6 Å². The van der Waals surface area contributed by atoms with Crippen LogP contribution >= 0.6 is 7.52 Å². The Morgan fingerprint density at radius 1 is 0.863 bits per heavy atom. The Bertz CT molecular complexity index is 1660. The maximum Gasteiger partial charge on any atom is 0.341 e. The minimum absolute atomic E-state index is 0.0722. The molecule has 0 fully saturated rings. The molecule has 2 aromatic heterocycles. The molecule has 0 radical (unpaired) electrons. The van der Waals surface area contributed by atoms with Crippen LogP contribution in [0.15, 0.2) is 116 Å². The van der Waals surface area contributed by atoms with Crippen molar-refractivity contribution in [3.63, 3.8) is 0 Å². The summed E-state index contributed by atoms with van der Waals surface area (Å²) in [6.07, 6.45) is 35.2. The fraction of sp³-hybridized carbons (Fsp3) is 0.385. The summed E-state index contributed by atoms with van der Waals surface area (Å²) < 4.78 is 27.5. The third kappa shape index (κ3) is 17.3. The van der Waals surface area contributed by atoms with Crippen molar-refractivity contribution in [3.05, 3.63) is 116 Å². The van der Waals surface area contributed by atoms with E-state index in [9.17, 15) is 9.36 Å². The molecule has 3 rings (SSSR count). The highest BCUT2D eigenvalue weighted by Gasteiger charge is 2.26. The molecule has 1 amide bonds. The van der Waals surface area contributed by atoms with Crippen LogP contribution < -0.4 is 20.7 Å². The standard InChI is InChI=1S/C39H54N7O4P/c1-3-4-5-6-7-8-9-10-11-12-13-14-15-16-17-18-19-20-24-27-36(47)41-28-29-45-51(48,50-35-25-22-21-23-26-35)33-49-34(2)30-46-32-44-37-38(40)42-31-43-39(37)46/h4-5,7-8,10-11,13-14,16-17,19-23,25-26,31-32,34H,3,6,9,12,15,18,24,27-30,33H2,1-2H3,(H,41,47)(H,45,48)(H2,40,42,43). The number of amides is 1. The lowest BCUT2D eigenvalue weighted by Crippen LogP contribution is -2.32. The number of imidazole rings is 1. The summed E-state index contributed by atoms with van der Waals surface area (Å²) in [5.74, 6) is 0.688. The molecule has 274 valence electrons. The largest absolute Gasteiger partial charge is 0.431 e. The van der Waals surface area contributed by atoms with Crippen LogP contribution in [0, 0.1) is 0 Å². The van der Waals surface area contributed by atoms with Crippen LogP contribution in [0.4, 0.5) is 5.82 Å². The zero-order chi connectivity index (χ0) is 36.4. The number of ether oxygens (including phenoxy) is 1. The molecule has 3 aromatic rings. The second-order valence-corrected chi connectivity index (χ2v) is 13.8. The molecule has 12 heteroatoms. The first-order valence-corrected chi connectivity index (χ1v) is 19.5. The van der Waals surface area contributed by atoms with E-state index < -0.39 is 7.52 Å². The highest BCUT2D eigenvalue weighted by molar-refractivity contribution is 7.57. The zero-order valence-corrected chi connectivity index (χ0v) is 30.9. The van der Waals surface area contributed by atoms with Crippen molar-refractivity contribution in [2.24, 2.45) is 0 Å². The average molecular weight is 716 g/mol. The predicted molar refractivity (Wildman–Crippen MR) is 208 cm³/mol. The topological polar surface area (TPSA) is 146 Å². The third-order valence-corrected chi connectivity index (χ3v) is 9.04. The number of nitrogens with one attached hydrogen (secondary N) is 2. The van der Waals surface area contributed by atoms with Gasteiger partial charge in [-0.1, -0.05) is 98.0 Å². The summed E-state index contributed by atoms with van der Waals surface area (Å²) in [6, 6.07) is 8.93. The Morgan fingerprint density at radius 3 is 2.10 bits per heavy atom. The van der Waals surface area contributed by atoms with Crippen molar-refractivity contribution in [2.75, 3.05) is 25.2 Å². The highest BCUT2D eigenvalue weighted by Crippen LogP contribution is 2.43. The van der Waals surface area contributed by atoms with E-state index in [0.717, 1.165) is 38.5 Å². The number of anilines is 1. The van der Waals surface area contributed by atoms with Crippen LogP contribution in [-0.4, -0.2) is 51.0 Å². The molecule has 0 spiro atoms. The summed E-state index contributed by atoms with van der Waals surface area (Å²) in [4.78, 5) is 24.9. The number of nitrogens with zero attached hydrogens (tertiary/aromatic N) is 4. The van der Waals surface area contributed by atoms with Crippen molar-refractivity contribution in [1.29, 1.82) is 0 Å². The van der Waals surface area contributed by atoms with E-state index in [4.69, 9.17) is 15.0 Å². The summed E-state index contributed by atoms with van der Waals surface area (Å²) in [5.41, 5.74) is 7.01. The molecule has 0 saturated carbocycles. The first-order valence-electron chi connectivity index (χ1n) is 17.7.